The molecule has 1 heterocycles. The van der Waals surface area contributed by atoms with Crippen LogP contribution in [0, 0.1) is 0 Å². The number of nitrogens with one attached hydrogen (secondary N) is 2. The largest absolute Gasteiger partial charge is 0.462 e. The Morgan fingerprint density at radius 2 is 2.06 bits per heavy atom. The van der Waals surface area contributed by atoms with Crippen molar-refractivity contribution in [1.29, 1.82) is 0 Å². The van der Waals surface area contributed by atoms with Gasteiger partial charge in [0, 0.05) is 19.7 Å². The molecule has 1 saturated heterocycles. The predicted molar refractivity (Wildman–Crippen MR) is 124 cm³/mol. The first-order chi connectivity index (χ1) is 16.2. The number of urea groups is 1. The predicted octanol–water partition coefficient (Wildman–Crippen LogP) is 3.22. The van der Waals surface area contributed by atoms with Gasteiger partial charge < -0.3 is 23.8 Å². The summed E-state index contributed by atoms with van der Waals surface area (Å²) in [6.07, 6.45) is -2.53. The van der Waals surface area contributed by atoms with Crippen molar-refractivity contribution in [1.82, 2.24) is 15.3 Å². The number of benzene rings is 1. The van der Waals surface area contributed by atoms with Gasteiger partial charge in [-0.25, -0.2) is 14.3 Å². The number of carbonyl (C=O) groups excluding carboxylic acids is 3. The number of allylic oxidation sites excluding steroid dienone is 1. The summed E-state index contributed by atoms with van der Waals surface area (Å²) < 4.78 is 36.9. The maximum Gasteiger partial charge on any atom is 0.323 e. The molecule has 2 N–H and O–H groups in total. The molecule has 0 spiro atoms. The van der Waals surface area contributed by atoms with E-state index in [-0.39, 0.29) is 30.7 Å². The van der Waals surface area contributed by atoms with E-state index in [9.17, 15) is 18.8 Å². The lowest BCUT2D eigenvalue weighted by atomic mass is 10.2. The molecule has 1 aliphatic rings. The smallest absolute Gasteiger partial charge is 0.323 e. The standard InChI is InChI=1S/C21H28ClFN3O7P/c1-14(2)31-20(28)10-25-34(33-16-7-5-4-6-8-16)30-13-18-17(23)9-19(32-18)26(21(29)24-3)11-15(22)12-27/h4-8,11-12,14,17-19,25H,9-10,13H2,1-3H3,(H,24,29)/b15-11+. The third-order valence-electron chi connectivity index (χ3n) is 4.30. The molecular weight excluding hydrogens is 492 g/mol. The molecule has 1 aliphatic heterocycles. The number of carbonyl (C=O) groups is 3. The molecule has 2 rings (SSSR count). The third-order valence-corrected chi connectivity index (χ3v) is 5.67. The van der Waals surface area contributed by atoms with Crippen LogP contribution < -0.4 is 14.9 Å². The lowest BCUT2D eigenvalue weighted by Gasteiger charge is -2.25. The summed E-state index contributed by atoms with van der Waals surface area (Å²) in [7, 11) is -0.482. The maximum absolute atomic E-state index is 14.7. The van der Waals surface area contributed by atoms with Gasteiger partial charge in [0.1, 0.15) is 30.8 Å². The monoisotopic (exact) mass is 519 g/mol. The maximum atomic E-state index is 14.7. The Morgan fingerprint density at radius 3 is 2.68 bits per heavy atom. The van der Waals surface area contributed by atoms with E-state index >= 15 is 0 Å². The van der Waals surface area contributed by atoms with Gasteiger partial charge in [-0.15, -0.1) is 0 Å². The summed E-state index contributed by atoms with van der Waals surface area (Å²) >= 11 is 5.72. The Hall–Kier alpha value is -2.30. The van der Waals surface area contributed by atoms with E-state index in [0.29, 0.717) is 12.0 Å². The fraction of sp³-hybridized carbons (Fsp3) is 0.476. The van der Waals surface area contributed by atoms with Crippen LogP contribution in [0.3, 0.4) is 0 Å². The minimum Gasteiger partial charge on any atom is -0.462 e. The SMILES string of the molecule is CNC(=O)N(/C=C(/Cl)C=O)C1CC(F)C(COP(NCC(=O)OC(C)C)Oc2ccccc2)O1. The van der Waals surface area contributed by atoms with Gasteiger partial charge in [-0.1, -0.05) is 29.8 Å². The van der Waals surface area contributed by atoms with Crippen LogP contribution >= 0.6 is 20.1 Å². The molecule has 4 atom stereocenters. The number of nitrogens with zero attached hydrogens (tertiary/aromatic N) is 1. The molecule has 0 aromatic heterocycles. The van der Waals surface area contributed by atoms with Gasteiger partial charge in [0.15, 0.2) is 6.29 Å². The molecule has 2 amide bonds. The molecule has 0 bridgehead atoms. The summed E-state index contributed by atoms with van der Waals surface area (Å²) in [4.78, 5) is 35.9. The fourth-order valence-corrected chi connectivity index (χ4v) is 4.00. The summed E-state index contributed by atoms with van der Waals surface area (Å²) in [6.45, 7) is 3.05. The average Bonchev–Trinajstić information content (AvgIpc) is 3.18. The topological polar surface area (TPSA) is 115 Å². The van der Waals surface area contributed by atoms with Crippen molar-refractivity contribution in [2.75, 3.05) is 20.2 Å². The zero-order valence-corrected chi connectivity index (χ0v) is 20.6. The minimum absolute atomic E-state index is 0.160. The number of hydrogen-bond donors (Lipinski definition) is 2. The lowest BCUT2D eigenvalue weighted by molar-refractivity contribution is -0.145. The molecule has 0 radical (unpaired) electrons. The number of aldehydes is 1. The van der Waals surface area contributed by atoms with E-state index in [1.165, 1.54) is 7.05 Å². The summed E-state index contributed by atoms with van der Waals surface area (Å²) in [5, 5.41) is 4.97. The minimum atomic E-state index is -1.86. The molecular formula is C21H28ClFN3O7P. The van der Waals surface area contributed by atoms with Crippen LogP contribution in [0.5, 0.6) is 5.75 Å². The van der Waals surface area contributed by atoms with Crippen molar-refractivity contribution in [3.05, 3.63) is 41.6 Å². The van der Waals surface area contributed by atoms with Crippen molar-refractivity contribution < 1.29 is 37.3 Å². The molecule has 1 aromatic carbocycles. The molecule has 188 valence electrons. The van der Waals surface area contributed by atoms with Crippen LogP contribution in [0.1, 0.15) is 20.3 Å². The lowest BCUT2D eigenvalue weighted by Crippen LogP contribution is -2.42. The first kappa shape index (κ1) is 27.9. The molecule has 1 fully saturated rings. The van der Waals surface area contributed by atoms with E-state index in [1.54, 1.807) is 38.1 Å². The van der Waals surface area contributed by atoms with Gasteiger partial charge in [0.25, 0.3) is 0 Å². The third kappa shape index (κ3) is 9.15. The van der Waals surface area contributed by atoms with Gasteiger partial charge in [-0.05, 0) is 26.0 Å². The number of rotatable bonds is 12. The van der Waals surface area contributed by atoms with E-state index < -0.39 is 39.0 Å². The second-order valence-corrected chi connectivity index (χ2v) is 9.01. The highest BCUT2D eigenvalue weighted by atomic mass is 35.5. The van der Waals surface area contributed by atoms with Gasteiger partial charge in [-0.2, -0.15) is 0 Å². The number of alkyl halides is 1. The van der Waals surface area contributed by atoms with Gasteiger partial charge >= 0.3 is 20.5 Å². The Kier molecular flexibility index (Phi) is 11.7. The van der Waals surface area contributed by atoms with Gasteiger partial charge in [0.05, 0.1) is 17.7 Å². The van der Waals surface area contributed by atoms with E-state index in [4.69, 9.17) is 30.1 Å². The number of amides is 2. The van der Waals surface area contributed by atoms with Gasteiger partial charge in [0.2, 0.25) is 0 Å². The van der Waals surface area contributed by atoms with Crippen LogP contribution in [0.4, 0.5) is 9.18 Å². The molecule has 10 nitrogen and oxygen atoms in total. The van der Waals surface area contributed by atoms with Crippen LogP contribution in [-0.2, 0) is 23.6 Å². The molecule has 13 heteroatoms. The van der Waals surface area contributed by atoms with E-state index in [2.05, 4.69) is 10.4 Å². The highest BCUT2D eigenvalue weighted by Gasteiger charge is 2.40. The molecule has 34 heavy (non-hydrogen) atoms. The molecule has 0 saturated carbocycles. The molecule has 0 aliphatic carbocycles. The summed E-state index contributed by atoms with van der Waals surface area (Å²) in [5.41, 5.74) is 0. The quantitative estimate of drug-likeness (QED) is 0.187. The van der Waals surface area contributed by atoms with Crippen LogP contribution in [0.2, 0.25) is 0 Å². The second-order valence-electron chi connectivity index (χ2n) is 7.31. The first-order valence-corrected chi connectivity index (χ1v) is 12.0. The van der Waals surface area contributed by atoms with Crippen LogP contribution in [0.25, 0.3) is 0 Å². The molecule has 1 aromatic rings. The van der Waals surface area contributed by atoms with Crippen molar-refractivity contribution in [3.8, 4) is 5.75 Å². The Bertz CT molecular complexity index is 849. The number of hydrogen-bond acceptors (Lipinski definition) is 8. The Labute approximate surface area is 203 Å². The average molecular weight is 520 g/mol. The normalized spacial score (nSPS) is 21.1. The summed E-state index contributed by atoms with van der Waals surface area (Å²) in [5.74, 6) is -0.0110. The van der Waals surface area contributed by atoms with Crippen LogP contribution in [-0.4, -0.2) is 68.0 Å². The number of ether oxygens (including phenoxy) is 2. The first-order valence-electron chi connectivity index (χ1n) is 10.4. The Morgan fingerprint density at radius 1 is 1.35 bits per heavy atom. The number of halogens is 2. The zero-order valence-electron chi connectivity index (χ0n) is 19.0. The molecule has 4 unspecified atom stereocenters. The van der Waals surface area contributed by atoms with Crippen molar-refractivity contribution in [3.63, 3.8) is 0 Å². The second kappa shape index (κ2) is 14.2. The number of para-hydroxylation sites is 1. The van der Waals surface area contributed by atoms with E-state index in [0.717, 1.165) is 11.1 Å². The fourth-order valence-electron chi connectivity index (χ4n) is 2.83. The van der Waals surface area contributed by atoms with Crippen molar-refractivity contribution >= 4 is 38.4 Å². The zero-order chi connectivity index (χ0) is 25.1. The number of esters is 1. The van der Waals surface area contributed by atoms with Crippen molar-refractivity contribution in [2.45, 2.75) is 44.9 Å². The van der Waals surface area contributed by atoms with Crippen LogP contribution in [0.15, 0.2) is 41.6 Å². The highest BCUT2D eigenvalue weighted by Crippen LogP contribution is 2.37. The van der Waals surface area contributed by atoms with E-state index in [1.807, 2.05) is 6.07 Å². The Balaban J connectivity index is 2.02. The highest BCUT2D eigenvalue weighted by molar-refractivity contribution is 7.45. The van der Waals surface area contributed by atoms with Crippen molar-refractivity contribution in [2.24, 2.45) is 0 Å². The van der Waals surface area contributed by atoms with Gasteiger partial charge in [-0.3, -0.25) is 14.5 Å². The summed E-state index contributed by atoms with van der Waals surface area (Å²) in [6, 6.07) is 8.13.